The molecule has 2 aromatic carbocycles. The minimum atomic E-state index is -0.649. The molecule has 0 saturated carbocycles. The molecule has 0 spiro atoms. The summed E-state index contributed by atoms with van der Waals surface area (Å²) in [6, 6.07) is 13.9. The molecule has 0 saturated heterocycles. The van der Waals surface area contributed by atoms with E-state index in [9.17, 15) is 9.59 Å². The molecule has 2 amide bonds. The van der Waals surface area contributed by atoms with Gasteiger partial charge in [-0.2, -0.15) is 0 Å². The van der Waals surface area contributed by atoms with E-state index < -0.39 is 6.04 Å². The van der Waals surface area contributed by atoms with Crippen LogP contribution >= 0.6 is 27.5 Å². The van der Waals surface area contributed by atoms with Crippen molar-refractivity contribution >= 4 is 39.3 Å². The average Bonchev–Trinajstić information content (AvgIpc) is 2.70. The first kappa shape index (κ1) is 23.2. The Hall–Kier alpha value is -2.05. The van der Waals surface area contributed by atoms with E-state index in [1.807, 2.05) is 38.1 Å². The number of halogens is 2. The molecule has 7 heteroatoms. The van der Waals surface area contributed by atoms with Gasteiger partial charge in [-0.15, -0.1) is 0 Å². The molecular weight excluding hydrogens is 456 g/mol. The minimum Gasteiger partial charge on any atom is -0.484 e. The summed E-state index contributed by atoms with van der Waals surface area (Å²) in [6.07, 6.45) is 0.813. The van der Waals surface area contributed by atoms with Crippen molar-refractivity contribution in [1.82, 2.24) is 10.2 Å². The second kappa shape index (κ2) is 11.2. The van der Waals surface area contributed by atoms with E-state index in [1.54, 1.807) is 31.2 Å². The lowest BCUT2D eigenvalue weighted by atomic mass is 10.1. The van der Waals surface area contributed by atoms with Gasteiger partial charge in [-0.1, -0.05) is 46.6 Å². The molecule has 1 N–H and O–H groups in total. The van der Waals surface area contributed by atoms with Crippen molar-refractivity contribution in [3.05, 3.63) is 63.6 Å². The van der Waals surface area contributed by atoms with Gasteiger partial charge >= 0.3 is 0 Å². The summed E-state index contributed by atoms with van der Waals surface area (Å²) in [5, 5.41) is 3.52. The van der Waals surface area contributed by atoms with Crippen molar-refractivity contribution in [2.24, 2.45) is 0 Å². The van der Waals surface area contributed by atoms with Crippen LogP contribution in [-0.2, 0) is 16.1 Å². The van der Waals surface area contributed by atoms with Gasteiger partial charge in [-0.3, -0.25) is 9.59 Å². The van der Waals surface area contributed by atoms with Crippen LogP contribution in [0, 0.1) is 0 Å². The quantitative estimate of drug-likeness (QED) is 0.559. The van der Waals surface area contributed by atoms with E-state index in [2.05, 4.69) is 21.2 Å². The Morgan fingerprint density at radius 2 is 1.86 bits per heavy atom. The number of nitrogens with one attached hydrogen (secondary N) is 1. The van der Waals surface area contributed by atoms with Crippen LogP contribution in [0.4, 0.5) is 0 Å². The van der Waals surface area contributed by atoms with Crippen molar-refractivity contribution in [3.8, 4) is 5.75 Å². The smallest absolute Gasteiger partial charge is 0.261 e. The molecule has 5 nitrogen and oxygen atoms in total. The van der Waals surface area contributed by atoms with E-state index in [0.29, 0.717) is 10.8 Å². The van der Waals surface area contributed by atoms with E-state index >= 15 is 0 Å². The standard InChI is InChI=1S/C22H26BrClN2O3/c1-4-15(2)25-22(28)16(3)26(13-17-6-5-7-19(24)12-17)21(27)14-29-20-10-8-18(23)9-11-20/h5-12,15-16H,4,13-14H2,1-3H3,(H,25,28)/t15-,16-/m1/s1. The fourth-order valence-corrected chi connectivity index (χ4v) is 3.12. The number of nitrogens with zero attached hydrogens (tertiary/aromatic N) is 1. The highest BCUT2D eigenvalue weighted by Crippen LogP contribution is 2.18. The highest BCUT2D eigenvalue weighted by Gasteiger charge is 2.27. The zero-order chi connectivity index (χ0) is 21.4. The first-order chi connectivity index (χ1) is 13.8. The van der Waals surface area contributed by atoms with Gasteiger partial charge in [-0.25, -0.2) is 0 Å². The van der Waals surface area contributed by atoms with Crippen molar-refractivity contribution in [2.75, 3.05) is 6.61 Å². The molecule has 0 heterocycles. The average molecular weight is 482 g/mol. The van der Waals surface area contributed by atoms with Gasteiger partial charge < -0.3 is 15.0 Å². The van der Waals surface area contributed by atoms with Crippen LogP contribution in [0.15, 0.2) is 53.0 Å². The van der Waals surface area contributed by atoms with Crippen LogP contribution in [0.3, 0.4) is 0 Å². The van der Waals surface area contributed by atoms with Gasteiger partial charge in [0.2, 0.25) is 5.91 Å². The van der Waals surface area contributed by atoms with Gasteiger partial charge in [0, 0.05) is 22.1 Å². The van der Waals surface area contributed by atoms with E-state index in [1.165, 1.54) is 4.90 Å². The number of benzene rings is 2. The zero-order valence-corrected chi connectivity index (χ0v) is 19.2. The summed E-state index contributed by atoms with van der Waals surface area (Å²) < 4.78 is 6.55. The van der Waals surface area contributed by atoms with Crippen LogP contribution in [0.5, 0.6) is 5.75 Å². The van der Waals surface area contributed by atoms with E-state index in [4.69, 9.17) is 16.3 Å². The van der Waals surface area contributed by atoms with Gasteiger partial charge in [0.1, 0.15) is 11.8 Å². The lowest BCUT2D eigenvalue weighted by Crippen LogP contribution is -2.50. The molecule has 2 rings (SSSR count). The number of carbonyl (C=O) groups is 2. The summed E-state index contributed by atoms with van der Waals surface area (Å²) in [7, 11) is 0. The van der Waals surface area contributed by atoms with E-state index in [0.717, 1.165) is 16.5 Å². The predicted molar refractivity (Wildman–Crippen MR) is 119 cm³/mol. The molecule has 0 aliphatic rings. The Morgan fingerprint density at radius 1 is 1.17 bits per heavy atom. The van der Waals surface area contributed by atoms with Crippen LogP contribution in [0.2, 0.25) is 5.02 Å². The summed E-state index contributed by atoms with van der Waals surface area (Å²) in [5.74, 6) is 0.110. The van der Waals surface area contributed by atoms with Crippen LogP contribution in [-0.4, -0.2) is 35.4 Å². The maximum atomic E-state index is 13.0. The molecule has 0 radical (unpaired) electrons. The number of hydrogen-bond acceptors (Lipinski definition) is 3. The Bertz CT molecular complexity index is 829. The maximum absolute atomic E-state index is 13.0. The Morgan fingerprint density at radius 3 is 2.48 bits per heavy atom. The number of amides is 2. The van der Waals surface area contributed by atoms with Gasteiger partial charge in [0.05, 0.1) is 0 Å². The van der Waals surface area contributed by atoms with Crippen molar-refractivity contribution < 1.29 is 14.3 Å². The second-order valence-corrected chi connectivity index (χ2v) is 8.24. The summed E-state index contributed by atoms with van der Waals surface area (Å²) in [5.41, 5.74) is 0.845. The molecule has 2 atom stereocenters. The molecule has 0 aliphatic heterocycles. The fourth-order valence-electron chi connectivity index (χ4n) is 2.64. The third-order valence-electron chi connectivity index (χ3n) is 4.59. The van der Waals surface area contributed by atoms with Crippen molar-refractivity contribution in [2.45, 2.75) is 45.8 Å². The zero-order valence-electron chi connectivity index (χ0n) is 16.8. The third kappa shape index (κ3) is 7.37. The predicted octanol–water partition coefficient (Wildman–Crippen LogP) is 4.81. The molecular formula is C22H26BrClN2O3. The molecule has 0 aromatic heterocycles. The number of hydrogen-bond donors (Lipinski definition) is 1. The Labute approximate surface area is 185 Å². The van der Waals surface area contributed by atoms with E-state index in [-0.39, 0.29) is 31.0 Å². The minimum absolute atomic E-state index is 0.0343. The summed E-state index contributed by atoms with van der Waals surface area (Å²) in [4.78, 5) is 27.1. The Kier molecular flexibility index (Phi) is 8.99. The van der Waals surface area contributed by atoms with Gasteiger partial charge in [0.25, 0.3) is 5.91 Å². The lowest BCUT2D eigenvalue weighted by molar-refractivity contribution is -0.142. The normalized spacial score (nSPS) is 12.7. The maximum Gasteiger partial charge on any atom is 0.261 e. The molecule has 156 valence electrons. The molecule has 0 fully saturated rings. The summed E-state index contributed by atoms with van der Waals surface area (Å²) in [6.45, 7) is 5.75. The highest BCUT2D eigenvalue weighted by molar-refractivity contribution is 9.10. The molecule has 0 unspecified atom stereocenters. The third-order valence-corrected chi connectivity index (χ3v) is 5.35. The summed E-state index contributed by atoms with van der Waals surface area (Å²) >= 11 is 9.45. The van der Waals surface area contributed by atoms with Gasteiger partial charge in [0.15, 0.2) is 6.61 Å². The van der Waals surface area contributed by atoms with Crippen LogP contribution < -0.4 is 10.1 Å². The largest absolute Gasteiger partial charge is 0.484 e. The number of carbonyl (C=O) groups excluding carboxylic acids is 2. The highest BCUT2D eigenvalue weighted by atomic mass is 79.9. The van der Waals surface area contributed by atoms with Crippen molar-refractivity contribution in [1.29, 1.82) is 0 Å². The first-order valence-electron chi connectivity index (χ1n) is 9.52. The molecule has 0 aliphatic carbocycles. The fraction of sp³-hybridized carbons (Fsp3) is 0.364. The number of ether oxygens (including phenoxy) is 1. The second-order valence-electron chi connectivity index (χ2n) is 6.89. The van der Waals surface area contributed by atoms with Crippen molar-refractivity contribution in [3.63, 3.8) is 0 Å². The van der Waals surface area contributed by atoms with Crippen LogP contribution in [0.1, 0.15) is 32.8 Å². The molecule has 29 heavy (non-hydrogen) atoms. The SMILES string of the molecule is CC[C@@H](C)NC(=O)[C@@H](C)N(Cc1cccc(Cl)c1)C(=O)COc1ccc(Br)cc1. The molecule has 2 aromatic rings. The first-order valence-corrected chi connectivity index (χ1v) is 10.7. The Balaban J connectivity index is 2.14. The van der Waals surface area contributed by atoms with Crippen LogP contribution in [0.25, 0.3) is 0 Å². The molecule has 0 bridgehead atoms. The van der Waals surface area contributed by atoms with Gasteiger partial charge in [-0.05, 0) is 62.2 Å². The topological polar surface area (TPSA) is 58.6 Å². The monoisotopic (exact) mass is 480 g/mol. The number of rotatable bonds is 9. The lowest BCUT2D eigenvalue weighted by Gasteiger charge is -2.29.